The van der Waals surface area contributed by atoms with Crippen molar-refractivity contribution in [2.24, 2.45) is 53.3 Å². The molecule has 11 saturated carbocycles. The van der Waals surface area contributed by atoms with E-state index in [9.17, 15) is 0 Å². The van der Waals surface area contributed by atoms with Crippen LogP contribution in [0.25, 0.3) is 0 Å². The predicted molar refractivity (Wildman–Crippen MR) is 361 cm³/mol. The molecule has 0 bridgehead atoms. The molecule has 0 unspecified atom stereocenters. The van der Waals surface area contributed by atoms with Crippen molar-refractivity contribution in [1.82, 2.24) is 0 Å². The van der Waals surface area contributed by atoms with Gasteiger partial charge in [0.1, 0.15) is 0 Å². The van der Waals surface area contributed by atoms with Crippen LogP contribution in [0.15, 0.2) is 0 Å². The van der Waals surface area contributed by atoms with Gasteiger partial charge in [0.25, 0.3) is 0 Å². The summed E-state index contributed by atoms with van der Waals surface area (Å²) in [6.07, 6.45) is 57.6. The van der Waals surface area contributed by atoms with Crippen molar-refractivity contribution in [1.29, 1.82) is 0 Å². The molecule has 0 atom stereocenters. The third-order valence-corrected chi connectivity index (χ3v) is 23.2. The van der Waals surface area contributed by atoms with Crippen molar-refractivity contribution >= 4 is 0 Å². The van der Waals surface area contributed by atoms with Crippen LogP contribution in [-0.2, 0) is 28.4 Å². The Morgan fingerprint density at radius 2 is 0.308 bits per heavy atom. The van der Waals surface area contributed by atoms with E-state index in [1.54, 1.807) is 0 Å². The minimum atomic E-state index is -0.140. The smallest absolute Gasteiger partial charge is 0.0580 e. The fourth-order valence-electron chi connectivity index (χ4n) is 15.8. The molecule has 11 aliphatic rings. The molecule has 0 aromatic rings. The fourth-order valence-corrected chi connectivity index (χ4v) is 15.8. The average Bonchev–Trinajstić information content (AvgIpc) is 0.878. The zero-order valence-corrected chi connectivity index (χ0v) is 80.0. The van der Waals surface area contributed by atoms with Gasteiger partial charge in [-0.3, -0.25) is 0 Å². The maximum absolute atomic E-state index is 8.92. The van der Waals surface area contributed by atoms with E-state index in [4.69, 9.17) is 48.8 Å². The van der Waals surface area contributed by atoms with Gasteiger partial charge in [-0.15, -0.1) is 0 Å². The largest absolute Gasteiger partial charge is 0.393 e. The standard InChI is InChI=1S/C27H48O4.C14H26O2.3C8H16.2C6H12O2.20Ar/c1-20-3-7-24(8-4-20)30-27-17-13-23(14-18-27)29-19-21-5-9-25(10-6-21)31-26-15-11-22(28-2)12-16-26;1-11-3-5-13(6-4-11)16-14-9-7-12(15-2)8-10-14;3*1-7-3-5-8(2)6-4-7;2*7-5-1-2-6(8)4-3-5;;;;;;;;;;;;;;;;;;;;/h20-27H,3-19H2,1-2H3;11-14H,3-10H2,1-2H3;3*7-8H,3-6H2,1-2H3;2*5-8H,1-4H2;;;;;;;;;;;;;;;;;;;;. The molecule has 0 aromatic heterocycles. The molecule has 0 aliphatic heterocycles. The summed E-state index contributed by atoms with van der Waals surface area (Å²) in [6, 6.07) is 0. The zero-order valence-electron chi connectivity index (χ0n) is 65.8. The van der Waals surface area contributed by atoms with E-state index < -0.39 is 0 Å². The Hall–Kier alpha value is 24.8. The molecule has 30 heteroatoms. The van der Waals surface area contributed by atoms with Gasteiger partial charge in [-0.1, -0.05) is 132 Å². The molecule has 11 rings (SSSR count). The Bertz CT molecular complexity index is 1470. The van der Waals surface area contributed by atoms with Gasteiger partial charge in [0.2, 0.25) is 0 Å². The minimum absolute atomic E-state index is 0. The summed E-state index contributed by atoms with van der Waals surface area (Å²) < 4.78 is 36.3. The third-order valence-electron chi connectivity index (χ3n) is 23.2. The van der Waals surface area contributed by atoms with Gasteiger partial charge < -0.3 is 48.8 Å². The number of aliphatic hydroxyl groups excluding tert-OH is 4. The van der Waals surface area contributed by atoms with Crippen LogP contribution in [0, 0.1) is 808 Å². The zero-order chi connectivity index (χ0) is 62.8. The fraction of sp³-hybridized carbons (Fsp3) is 1.00. The van der Waals surface area contributed by atoms with E-state index in [2.05, 4.69) is 55.4 Å². The second kappa shape index (κ2) is 110. The van der Waals surface area contributed by atoms with Crippen LogP contribution in [0.5, 0.6) is 0 Å². The number of methoxy groups -OCH3 is 2. The molecule has 0 spiro atoms. The molecule has 0 heterocycles. The quantitative estimate of drug-likeness (QED) is 0.158. The molecule has 11 aliphatic carbocycles. The second-order valence-electron chi connectivity index (χ2n) is 31.8. The summed E-state index contributed by atoms with van der Waals surface area (Å²) in [7, 11) is 3.67. The van der Waals surface area contributed by atoms with Crippen molar-refractivity contribution < 1.29 is 804 Å². The maximum atomic E-state index is 8.92. The molecule has 0 saturated heterocycles. The Morgan fingerprint density at radius 3 is 0.477 bits per heavy atom. The van der Waals surface area contributed by atoms with Gasteiger partial charge >= 0.3 is 0 Å². The van der Waals surface area contributed by atoms with Gasteiger partial charge in [0.05, 0.1) is 79.4 Å². The third kappa shape index (κ3) is 89.4. The van der Waals surface area contributed by atoms with Crippen LogP contribution in [-0.4, -0.2) is 121 Å². The first-order valence-electron chi connectivity index (χ1n) is 38.2. The SMILES string of the molecule is CC1CCC(C)CC1.CC1CCC(C)CC1.CC1CCC(C)CC1.COC1CCC(OC2CCC(C)CC2)CC1.COC1CCC(OC2CCC(COC3CCC(OC4CCC(C)CC4)CC3)CC2)CC1.OC1CCC(O)CC1.OC1CCC(O)CC1.[Ar].[Ar].[Ar].[Ar].[Ar].[Ar].[Ar].[Ar].[Ar].[Ar].[Ar].[Ar].[Ar].[Ar].[Ar].[Ar].[Ar].[Ar].[Ar].[Ar]. The molecule has 674 valence electrons. The topological polar surface area (TPSA) is 136 Å². The summed E-state index contributed by atoms with van der Waals surface area (Å²) in [4.78, 5) is 0. The van der Waals surface area contributed by atoms with Gasteiger partial charge in [-0.25, -0.2) is 0 Å². The average molecular weight is 2030 g/mol. The summed E-state index contributed by atoms with van der Waals surface area (Å²) >= 11 is 0. The Balaban J connectivity index is -0.0000000675. The van der Waals surface area contributed by atoms with Crippen LogP contribution in [0.4, 0.5) is 0 Å². The summed E-state index contributed by atoms with van der Waals surface area (Å²) in [5.41, 5.74) is 0. The second-order valence-corrected chi connectivity index (χ2v) is 31.8. The molecular weight excluding hydrogens is 1880 g/mol. The first kappa shape index (κ1) is 168. The van der Waals surface area contributed by atoms with E-state index in [0.717, 1.165) is 124 Å². The van der Waals surface area contributed by atoms with Crippen LogP contribution in [0.2, 0.25) is 0 Å². The van der Waals surface area contributed by atoms with E-state index in [-0.39, 0.29) is 779 Å². The number of ether oxygens (including phenoxy) is 6. The van der Waals surface area contributed by atoms with E-state index in [1.165, 1.54) is 218 Å². The molecular formula is C77H146Ar20O10. The molecule has 10 nitrogen and oxygen atoms in total. The van der Waals surface area contributed by atoms with Gasteiger partial charge in [-0.2, -0.15) is 0 Å². The minimum Gasteiger partial charge on any atom is -0.393 e. The van der Waals surface area contributed by atoms with E-state index >= 15 is 0 Å². The van der Waals surface area contributed by atoms with Gasteiger partial charge in [0, 0.05) is 776 Å². The van der Waals surface area contributed by atoms with Gasteiger partial charge in [-0.05, 0) is 259 Å². The van der Waals surface area contributed by atoms with Gasteiger partial charge in [0.15, 0.2) is 0 Å². The molecule has 0 amide bonds. The van der Waals surface area contributed by atoms with Crippen LogP contribution in [0.1, 0.15) is 338 Å². The Morgan fingerprint density at radius 1 is 0.178 bits per heavy atom. The van der Waals surface area contributed by atoms with Crippen molar-refractivity contribution in [2.75, 3.05) is 20.8 Å². The first-order chi connectivity index (χ1) is 41.9. The van der Waals surface area contributed by atoms with E-state index in [1.807, 2.05) is 14.2 Å². The molecule has 11 fully saturated rings. The monoisotopic (exact) mass is 2030 g/mol. The first-order valence-corrected chi connectivity index (χ1v) is 38.2. The van der Waals surface area contributed by atoms with E-state index in [0.29, 0.717) is 54.9 Å². The maximum Gasteiger partial charge on any atom is 0.0580 e. The number of rotatable bonds is 11. The van der Waals surface area contributed by atoms with Crippen molar-refractivity contribution in [3.63, 3.8) is 0 Å². The molecule has 107 heavy (non-hydrogen) atoms. The Labute approximate surface area is 1260 Å². The Kier molecular flexibility index (Phi) is 172. The van der Waals surface area contributed by atoms with Crippen molar-refractivity contribution in [3.05, 3.63) is 0 Å². The van der Waals surface area contributed by atoms with Crippen LogP contribution < -0.4 is 0 Å². The molecule has 0 aromatic carbocycles. The summed E-state index contributed by atoms with van der Waals surface area (Å²) in [6.45, 7) is 19.9. The molecule has 0 radical (unpaired) electrons. The summed E-state index contributed by atoms with van der Waals surface area (Å²) in [5, 5.41) is 35.7. The van der Waals surface area contributed by atoms with Crippen LogP contribution >= 0.6 is 0 Å². The predicted octanol–water partition coefficient (Wildman–Crippen LogP) is 19.0. The van der Waals surface area contributed by atoms with Crippen LogP contribution in [0.3, 0.4) is 0 Å². The number of aliphatic hydroxyl groups is 4. The summed E-state index contributed by atoms with van der Waals surface area (Å²) in [5.74, 6) is 8.68. The molecule has 4 N–H and O–H groups in total. The van der Waals surface area contributed by atoms with Crippen molar-refractivity contribution in [3.8, 4) is 0 Å². The number of hydrogen-bond donors (Lipinski definition) is 4. The normalized spacial score (nSPS) is 33.3. The number of hydrogen-bond acceptors (Lipinski definition) is 10. The van der Waals surface area contributed by atoms with Crippen molar-refractivity contribution in [2.45, 2.75) is 417 Å².